The molecular formula is C12H10N4S. The molecule has 0 aliphatic rings. The third-order valence-corrected chi connectivity index (χ3v) is 2.96. The Morgan fingerprint density at radius 2 is 1.88 bits per heavy atom. The molecule has 2 aromatic rings. The number of aryl methyl sites for hydroxylation is 2. The van der Waals surface area contributed by atoms with Crippen LogP contribution in [-0.4, -0.2) is 15.0 Å². The van der Waals surface area contributed by atoms with Crippen molar-refractivity contribution in [2.75, 3.05) is 0 Å². The van der Waals surface area contributed by atoms with E-state index in [1.807, 2.05) is 19.9 Å². The highest BCUT2D eigenvalue weighted by atomic mass is 32.2. The van der Waals surface area contributed by atoms with Crippen molar-refractivity contribution in [3.05, 3.63) is 41.3 Å². The van der Waals surface area contributed by atoms with E-state index in [0.717, 1.165) is 11.3 Å². The Morgan fingerprint density at radius 1 is 1.18 bits per heavy atom. The van der Waals surface area contributed by atoms with E-state index >= 15 is 0 Å². The topological polar surface area (TPSA) is 62.5 Å². The van der Waals surface area contributed by atoms with E-state index in [4.69, 9.17) is 5.26 Å². The third-order valence-electron chi connectivity index (χ3n) is 2.07. The fourth-order valence-corrected chi connectivity index (χ4v) is 2.01. The van der Waals surface area contributed by atoms with Gasteiger partial charge < -0.3 is 0 Å². The van der Waals surface area contributed by atoms with Crippen LogP contribution < -0.4 is 0 Å². The van der Waals surface area contributed by atoms with E-state index in [1.54, 1.807) is 18.5 Å². The molecule has 2 aromatic heterocycles. The normalized spacial score (nSPS) is 9.94. The van der Waals surface area contributed by atoms with Gasteiger partial charge in [0.25, 0.3) is 0 Å². The number of nitrogens with zero attached hydrogens (tertiary/aromatic N) is 4. The molecule has 2 heterocycles. The number of pyridine rings is 1. The Morgan fingerprint density at radius 3 is 2.53 bits per heavy atom. The maximum atomic E-state index is 8.99. The van der Waals surface area contributed by atoms with E-state index in [2.05, 4.69) is 21.0 Å². The van der Waals surface area contributed by atoms with Crippen LogP contribution in [0.1, 0.15) is 16.8 Å². The van der Waals surface area contributed by atoms with Crippen molar-refractivity contribution in [2.45, 2.75) is 24.0 Å². The summed E-state index contributed by atoms with van der Waals surface area (Å²) in [4.78, 5) is 12.7. The standard InChI is InChI=1S/C12H10N4S/c1-8-6-14-12(15-7-8)17-11-10(5-13)4-3-9(2)16-11/h3-4,6-7H,1-2H3. The summed E-state index contributed by atoms with van der Waals surface area (Å²) in [6.07, 6.45) is 3.49. The number of rotatable bonds is 2. The van der Waals surface area contributed by atoms with Crippen LogP contribution in [0, 0.1) is 25.2 Å². The molecule has 0 aromatic carbocycles. The molecule has 0 aliphatic carbocycles. The van der Waals surface area contributed by atoms with E-state index in [9.17, 15) is 0 Å². The fourth-order valence-electron chi connectivity index (χ4n) is 1.22. The Bertz CT molecular complexity index is 572. The average molecular weight is 242 g/mol. The Hall–Kier alpha value is -1.93. The first kappa shape index (κ1) is 11.6. The lowest BCUT2D eigenvalue weighted by atomic mass is 10.3. The molecule has 0 saturated carbocycles. The van der Waals surface area contributed by atoms with Crippen molar-refractivity contribution in [1.82, 2.24) is 15.0 Å². The van der Waals surface area contributed by atoms with Gasteiger partial charge in [-0.2, -0.15) is 5.26 Å². The van der Waals surface area contributed by atoms with Gasteiger partial charge in [-0.3, -0.25) is 0 Å². The second kappa shape index (κ2) is 4.93. The predicted molar refractivity (Wildman–Crippen MR) is 64.6 cm³/mol. The zero-order valence-electron chi connectivity index (χ0n) is 9.51. The quantitative estimate of drug-likeness (QED) is 0.757. The second-order valence-corrected chi connectivity index (χ2v) is 4.52. The summed E-state index contributed by atoms with van der Waals surface area (Å²) in [6.45, 7) is 3.82. The van der Waals surface area contributed by atoms with Crippen LogP contribution in [0.2, 0.25) is 0 Å². The van der Waals surface area contributed by atoms with Crippen molar-refractivity contribution in [3.8, 4) is 6.07 Å². The lowest BCUT2D eigenvalue weighted by molar-refractivity contribution is 0.940. The molecule has 4 nitrogen and oxygen atoms in total. The van der Waals surface area contributed by atoms with Gasteiger partial charge in [0.1, 0.15) is 11.1 Å². The largest absolute Gasteiger partial charge is 0.245 e. The molecular weight excluding hydrogens is 232 g/mol. The average Bonchev–Trinajstić information content (AvgIpc) is 2.32. The zero-order valence-corrected chi connectivity index (χ0v) is 10.3. The molecule has 0 bridgehead atoms. The Balaban J connectivity index is 2.32. The minimum atomic E-state index is 0.546. The van der Waals surface area contributed by atoms with Crippen LogP contribution in [0.5, 0.6) is 0 Å². The number of aromatic nitrogens is 3. The molecule has 2 rings (SSSR count). The van der Waals surface area contributed by atoms with Gasteiger partial charge in [-0.05, 0) is 43.3 Å². The maximum Gasteiger partial charge on any atom is 0.193 e. The first-order valence-corrected chi connectivity index (χ1v) is 5.85. The molecule has 0 aliphatic heterocycles. The van der Waals surface area contributed by atoms with Crippen LogP contribution in [0.25, 0.3) is 0 Å². The lowest BCUT2D eigenvalue weighted by Gasteiger charge is -2.02. The van der Waals surface area contributed by atoms with Gasteiger partial charge in [-0.1, -0.05) is 0 Å². The highest BCUT2D eigenvalue weighted by Crippen LogP contribution is 2.25. The van der Waals surface area contributed by atoms with Crippen LogP contribution in [0.4, 0.5) is 0 Å². The van der Waals surface area contributed by atoms with Gasteiger partial charge in [0.05, 0.1) is 5.56 Å². The SMILES string of the molecule is Cc1cnc(Sc2nc(C)ccc2C#N)nc1. The second-order valence-electron chi connectivity index (χ2n) is 3.56. The summed E-state index contributed by atoms with van der Waals surface area (Å²) in [5.41, 5.74) is 2.43. The molecule has 0 spiro atoms. The molecule has 5 heteroatoms. The Kier molecular flexibility index (Phi) is 3.35. The summed E-state index contributed by atoms with van der Waals surface area (Å²) < 4.78 is 0. The molecule has 17 heavy (non-hydrogen) atoms. The molecule has 84 valence electrons. The molecule has 0 unspecified atom stereocenters. The minimum Gasteiger partial charge on any atom is -0.245 e. The monoisotopic (exact) mass is 242 g/mol. The van der Waals surface area contributed by atoms with Crippen LogP contribution >= 0.6 is 11.8 Å². The number of hydrogen-bond donors (Lipinski definition) is 0. The summed E-state index contributed by atoms with van der Waals surface area (Å²) in [7, 11) is 0. The summed E-state index contributed by atoms with van der Waals surface area (Å²) >= 11 is 1.31. The van der Waals surface area contributed by atoms with Crippen molar-refractivity contribution < 1.29 is 0 Å². The highest BCUT2D eigenvalue weighted by Gasteiger charge is 2.08. The molecule has 0 N–H and O–H groups in total. The van der Waals surface area contributed by atoms with Gasteiger partial charge >= 0.3 is 0 Å². The first-order valence-electron chi connectivity index (χ1n) is 5.03. The first-order chi connectivity index (χ1) is 8.19. The van der Waals surface area contributed by atoms with Crippen molar-refractivity contribution in [1.29, 1.82) is 5.26 Å². The van der Waals surface area contributed by atoms with Gasteiger partial charge in [0.15, 0.2) is 5.16 Å². The van der Waals surface area contributed by atoms with Crippen LogP contribution in [0.3, 0.4) is 0 Å². The van der Waals surface area contributed by atoms with Crippen molar-refractivity contribution >= 4 is 11.8 Å². The fraction of sp³-hybridized carbons (Fsp3) is 0.167. The molecule has 0 atom stereocenters. The third kappa shape index (κ3) is 2.80. The van der Waals surface area contributed by atoms with Crippen LogP contribution in [0.15, 0.2) is 34.7 Å². The van der Waals surface area contributed by atoms with E-state index in [1.165, 1.54) is 11.8 Å². The Labute approximate surface area is 104 Å². The number of nitriles is 1. The van der Waals surface area contributed by atoms with Gasteiger partial charge in [-0.15, -0.1) is 0 Å². The predicted octanol–water partition coefficient (Wildman–Crippen LogP) is 2.51. The highest BCUT2D eigenvalue weighted by molar-refractivity contribution is 7.99. The van der Waals surface area contributed by atoms with Crippen molar-refractivity contribution in [2.24, 2.45) is 0 Å². The summed E-state index contributed by atoms with van der Waals surface area (Å²) in [6, 6.07) is 5.70. The molecule has 0 amide bonds. The van der Waals surface area contributed by atoms with Crippen LogP contribution in [-0.2, 0) is 0 Å². The number of hydrogen-bond acceptors (Lipinski definition) is 5. The zero-order chi connectivity index (χ0) is 12.3. The van der Waals surface area contributed by atoms with E-state index < -0.39 is 0 Å². The van der Waals surface area contributed by atoms with E-state index in [-0.39, 0.29) is 0 Å². The molecule has 0 saturated heterocycles. The van der Waals surface area contributed by atoms with Crippen molar-refractivity contribution in [3.63, 3.8) is 0 Å². The van der Waals surface area contributed by atoms with Gasteiger partial charge in [0.2, 0.25) is 0 Å². The smallest absolute Gasteiger partial charge is 0.193 e. The molecule has 0 radical (unpaired) electrons. The summed E-state index contributed by atoms with van der Waals surface area (Å²) in [5, 5.41) is 10.2. The van der Waals surface area contributed by atoms with E-state index in [0.29, 0.717) is 15.7 Å². The lowest BCUT2D eigenvalue weighted by Crippen LogP contribution is -1.92. The maximum absolute atomic E-state index is 8.99. The minimum absolute atomic E-state index is 0.546. The van der Waals surface area contributed by atoms with Gasteiger partial charge in [-0.25, -0.2) is 15.0 Å². The molecule has 0 fully saturated rings. The summed E-state index contributed by atoms with van der Waals surface area (Å²) in [5.74, 6) is 0. The van der Waals surface area contributed by atoms with Gasteiger partial charge in [0, 0.05) is 18.1 Å².